The van der Waals surface area contributed by atoms with Crippen LogP contribution in [0, 0.1) is 11.8 Å². The maximum absolute atomic E-state index is 9.15. The second-order valence-corrected chi connectivity index (χ2v) is 2.74. The van der Waals surface area contributed by atoms with Gasteiger partial charge in [0, 0.05) is 5.56 Å². The van der Waals surface area contributed by atoms with E-state index in [-0.39, 0.29) is 5.75 Å². The third-order valence-electron chi connectivity index (χ3n) is 1.64. The van der Waals surface area contributed by atoms with Crippen molar-refractivity contribution >= 4 is 0 Å². The molecule has 2 N–H and O–H groups in total. The zero-order valence-corrected chi connectivity index (χ0v) is 7.49. The van der Waals surface area contributed by atoms with Gasteiger partial charge >= 0.3 is 0 Å². The minimum Gasteiger partial charge on any atom is -0.508 e. The number of rotatable bonds is 1. The Morgan fingerprint density at radius 3 is 2.46 bits per heavy atom. The second-order valence-electron chi connectivity index (χ2n) is 2.74. The van der Waals surface area contributed by atoms with Crippen LogP contribution in [0.4, 0.5) is 0 Å². The average molecular weight is 176 g/mol. The molecule has 1 aromatic carbocycles. The highest BCUT2D eigenvalue weighted by Gasteiger charge is 1.92. The SMILES string of the molecule is CCC(O)C#Cc1ccc(O)cc1. The van der Waals surface area contributed by atoms with Gasteiger partial charge in [-0.15, -0.1) is 0 Å². The lowest BCUT2D eigenvalue weighted by Crippen LogP contribution is -1.98. The van der Waals surface area contributed by atoms with Crippen LogP contribution in [-0.2, 0) is 0 Å². The van der Waals surface area contributed by atoms with Crippen molar-refractivity contribution in [3.63, 3.8) is 0 Å². The molecule has 0 saturated carbocycles. The predicted molar refractivity (Wildman–Crippen MR) is 51.3 cm³/mol. The Balaban J connectivity index is 2.72. The maximum atomic E-state index is 9.15. The number of aliphatic hydroxyl groups is 1. The monoisotopic (exact) mass is 176 g/mol. The number of phenolic OH excluding ortho intramolecular Hbond substituents is 1. The van der Waals surface area contributed by atoms with Crippen LogP contribution in [-0.4, -0.2) is 16.3 Å². The van der Waals surface area contributed by atoms with Crippen LogP contribution in [0.5, 0.6) is 5.75 Å². The number of aliphatic hydroxyl groups excluding tert-OH is 1. The minimum atomic E-state index is -0.561. The zero-order chi connectivity index (χ0) is 9.68. The Morgan fingerprint density at radius 2 is 1.92 bits per heavy atom. The Labute approximate surface area is 77.8 Å². The van der Waals surface area contributed by atoms with Crippen molar-refractivity contribution in [3.05, 3.63) is 29.8 Å². The van der Waals surface area contributed by atoms with E-state index in [1.165, 1.54) is 0 Å². The molecule has 0 fully saturated rings. The van der Waals surface area contributed by atoms with Crippen LogP contribution in [0.3, 0.4) is 0 Å². The van der Waals surface area contributed by atoms with Crippen LogP contribution in [0.2, 0.25) is 0 Å². The smallest absolute Gasteiger partial charge is 0.115 e. The second kappa shape index (κ2) is 4.54. The molecule has 1 rings (SSSR count). The molecule has 0 aromatic heterocycles. The number of phenols is 1. The lowest BCUT2D eigenvalue weighted by Gasteiger charge is -1.94. The molecule has 0 radical (unpaired) electrons. The highest BCUT2D eigenvalue weighted by atomic mass is 16.3. The first-order valence-corrected chi connectivity index (χ1v) is 4.21. The van der Waals surface area contributed by atoms with Crippen molar-refractivity contribution in [2.75, 3.05) is 0 Å². The van der Waals surface area contributed by atoms with E-state index in [9.17, 15) is 0 Å². The molecule has 1 aromatic rings. The molecule has 1 unspecified atom stereocenters. The largest absolute Gasteiger partial charge is 0.508 e. The molecule has 0 heterocycles. The Kier molecular flexibility index (Phi) is 3.36. The van der Waals surface area contributed by atoms with Gasteiger partial charge in [-0.3, -0.25) is 0 Å². The number of aromatic hydroxyl groups is 1. The first kappa shape index (κ1) is 9.63. The van der Waals surface area contributed by atoms with E-state index in [2.05, 4.69) is 11.8 Å². The number of hydrogen-bond donors (Lipinski definition) is 2. The lowest BCUT2D eigenvalue weighted by atomic mass is 10.2. The van der Waals surface area contributed by atoms with Gasteiger partial charge in [-0.25, -0.2) is 0 Å². The highest BCUT2D eigenvalue weighted by Crippen LogP contribution is 2.08. The summed E-state index contributed by atoms with van der Waals surface area (Å²) in [5, 5.41) is 18.1. The van der Waals surface area contributed by atoms with Crippen LogP contribution in [0.1, 0.15) is 18.9 Å². The van der Waals surface area contributed by atoms with Gasteiger partial charge in [-0.1, -0.05) is 18.8 Å². The molecule has 0 aliphatic heterocycles. The molecule has 0 amide bonds. The third kappa shape index (κ3) is 3.18. The van der Waals surface area contributed by atoms with E-state index in [4.69, 9.17) is 10.2 Å². The first-order valence-electron chi connectivity index (χ1n) is 4.21. The van der Waals surface area contributed by atoms with Gasteiger partial charge in [0.25, 0.3) is 0 Å². The van der Waals surface area contributed by atoms with Crippen LogP contribution in [0.25, 0.3) is 0 Å². The quantitative estimate of drug-likeness (QED) is 0.637. The topological polar surface area (TPSA) is 40.5 Å². The molecule has 0 saturated heterocycles. The van der Waals surface area contributed by atoms with Gasteiger partial charge in [0.2, 0.25) is 0 Å². The van der Waals surface area contributed by atoms with Crippen molar-refractivity contribution in [3.8, 4) is 17.6 Å². The lowest BCUT2D eigenvalue weighted by molar-refractivity contribution is 0.228. The molecule has 68 valence electrons. The molecular weight excluding hydrogens is 164 g/mol. The van der Waals surface area contributed by atoms with E-state index in [1.807, 2.05) is 6.92 Å². The summed E-state index contributed by atoms with van der Waals surface area (Å²) < 4.78 is 0. The summed E-state index contributed by atoms with van der Waals surface area (Å²) in [6.45, 7) is 1.87. The van der Waals surface area contributed by atoms with E-state index in [0.29, 0.717) is 6.42 Å². The third-order valence-corrected chi connectivity index (χ3v) is 1.64. The summed E-state index contributed by atoms with van der Waals surface area (Å²) in [7, 11) is 0. The summed E-state index contributed by atoms with van der Waals surface area (Å²) in [5.74, 6) is 5.73. The van der Waals surface area contributed by atoms with Gasteiger partial charge in [-0.2, -0.15) is 0 Å². The summed E-state index contributed by atoms with van der Waals surface area (Å²) in [5.41, 5.74) is 0.797. The van der Waals surface area contributed by atoms with Gasteiger partial charge < -0.3 is 10.2 Å². The number of hydrogen-bond acceptors (Lipinski definition) is 2. The van der Waals surface area contributed by atoms with Crippen molar-refractivity contribution < 1.29 is 10.2 Å². The summed E-state index contributed by atoms with van der Waals surface area (Å²) >= 11 is 0. The average Bonchev–Trinajstić information content (AvgIpc) is 2.16. The van der Waals surface area contributed by atoms with Crippen molar-refractivity contribution in [2.45, 2.75) is 19.4 Å². The van der Waals surface area contributed by atoms with Crippen molar-refractivity contribution in [2.24, 2.45) is 0 Å². The van der Waals surface area contributed by atoms with Crippen LogP contribution in [0.15, 0.2) is 24.3 Å². The molecule has 0 aliphatic rings. The Morgan fingerprint density at radius 1 is 1.31 bits per heavy atom. The first-order chi connectivity index (χ1) is 6.22. The Bertz CT molecular complexity index is 316. The molecule has 2 heteroatoms. The minimum absolute atomic E-state index is 0.224. The highest BCUT2D eigenvalue weighted by molar-refractivity contribution is 5.38. The molecular formula is C11H12O2. The van der Waals surface area contributed by atoms with E-state index >= 15 is 0 Å². The molecule has 1 atom stereocenters. The van der Waals surface area contributed by atoms with Gasteiger partial charge in [-0.05, 0) is 30.7 Å². The van der Waals surface area contributed by atoms with E-state index in [0.717, 1.165) is 5.56 Å². The Hall–Kier alpha value is -1.46. The predicted octanol–water partition coefficient (Wildman–Crippen LogP) is 1.51. The van der Waals surface area contributed by atoms with Crippen molar-refractivity contribution in [1.29, 1.82) is 0 Å². The van der Waals surface area contributed by atoms with E-state index in [1.54, 1.807) is 24.3 Å². The fraction of sp³-hybridized carbons (Fsp3) is 0.273. The summed E-state index contributed by atoms with van der Waals surface area (Å²) in [6.07, 6.45) is 0.0687. The molecule has 0 aliphatic carbocycles. The molecule has 13 heavy (non-hydrogen) atoms. The summed E-state index contributed by atoms with van der Waals surface area (Å²) in [4.78, 5) is 0. The van der Waals surface area contributed by atoms with Crippen molar-refractivity contribution in [1.82, 2.24) is 0 Å². The van der Waals surface area contributed by atoms with Gasteiger partial charge in [0.1, 0.15) is 11.9 Å². The summed E-state index contributed by atoms with van der Waals surface area (Å²) in [6, 6.07) is 6.57. The number of benzene rings is 1. The van der Waals surface area contributed by atoms with E-state index < -0.39 is 6.10 Å². The molecule has 0 bridgehead atoms. The fourth-order valence-corrected chi connectivity index (χ4v) is 0.813. The molecule has 0 spiro atoms. The molecule has 2 nitrogen and oxygen atoms in total. The fourth-order valence-electron chi connectivity index (χ4n) is 0.813. The maximum Gasteiger partial charge on any atom is 0.115 e. The standard InChI is InChI=1S/C11H12O2/c1-2-10(12)6-3-9-4-7-11(13)8-5-9/h4-5,7-8,10,12-13H,2H2,1H3. The van der Waals surface area contributed by atoms with Crippen LogP contribution >= 0.6 is 0 Å². The normalized spacial score (nSPS) is 11.5. The van der Waals surface area contributed by atoms with Gasteiger partial charge in [0.15, 0.2) is 0 Å². The van der Waals surface area contributed by atoms with Crippen LogP contribution < -0.4 is 0 Å². The van der Waals surface area contributed by atoms with Gasteiger partial charge in [0.05, 0.1) is 0 Å². The zero-order valence-electron chi connectivity index (χ0n) is 7.49.